The monoisotopic (exact) mass is 289 g/mol. The number of carbonyl (C=O) groups is 1. The number of rotatable bonds is 10. The maximum absolute atomic E-state index is 11.8. The Hall–Kier alpha value is -0.690. The zero-order valence-corrected chi connectivity index (χ0v) is 12.4. The Balaban J connectivity index is 1.91. The van der Waals surface area contributed by atoms with Gasteiger partial charge < -0.3 is 24.3 Å². The molecule has 6 heteroatoms. The van der Waals surface area contributed by atoms with Gasteiger partial charge in [0, 0.05) is 7.11 Å². The van der Waals surface area contributed by atoms with Crippen LogP contribution in [-0.4, -0.2) is 65.3 Å². The lowest BCUT2D eigenvalue weighted by Gasteiger charge is -2.14. The van der Waals surface area contributed by atoms with Crippen molar-refractivity contribution < 1.29 is 23.7 Å². The number of ether oxygens (including phenoxy) is 4. The summed E-state index contributed by atoms with van der Waals surface area (Å²) < 4.78 is 20.6. The third kappa shape index (κ3) is 8.47. The molecule has 0 saturated carbocycles. The SMILES string of the molecule is COCCOCCOCCOC(=O)C1CCCCCN1. The van der Waals surface area contributed by atoms with E-state index in [1.807, 2.05) is 0 Å². The van der Waals surface area contributed by atoms with E-state index in [1.165, 1.54) is 6.42 Å². The summed E-state index contributed by atoms with van der Waals surface area (Å²) in [5, 5.41) is 3.21. The largest absolute Gasteiger partial charge is 0.462 e. The van der Waals surface area contributed by atoms with Crippen LogP contribution in [0.5, 0.6) is 0 Å². The predicted molar refractivity (Wildman–Crippen MR) is 74.7 cm³/mol. The molecule has 1 rings (SSSR count). The average Bonchev–Trinajstić information content (AvgIpc) is 2.74. The van der Waals surface area contributed by atoms with E-state index in [0.717, 1.165) is 25.8 Å². The summed E-state index contributed by atoms with van der Waals surface area (Å²) in [6.07, 6.45) is 4.27. The Morgan fingerprint density at radius 1 is 1.00 bits per heavy atom. The highest BCUT2D eigenvalue weighted by atomic mass is 16.6. The standard InChI is InChI=1S/C14H27NO5/c1-17-7-8-18-9-10-19-11-12-20-14(16)13-5-3-2-4-6-15-13/h13,15H,2-12H2,1H3. The van der Waals surface area contributed by atoms with E-state index in [0.29, 0.717) is 39.6 Å². The van der Waals surface area contributed by atoms with Gasteiger partial charge in [0.05, 0.1) is 33.0 Å². The number of nitrogens with one attached hydrogen (secondary N) is 1. The fourth-order valence-corrected chi connectivity index (χ4v) is 2.00. The molecule has 0 aromatic rings. The van der Waals surface area contributed by atoms with Crippen molar-refractivity contribution in [1.82, 2.24) is 5.32 Å². The minimum atomic E-state index is -0.160. The van der Waals surface area contributed by atoms with Crippen LogP contribution in [0.3, 0.4) is 0 Å². The van der Waals surface area contributed by atoms with E-state index >= 15 is 0 Å². The van der Waals surface area contributed by atoms with E-state index in [4.69, 9.17) is 18.9 Å². The first-order valence-electron chi connectivity index (χ1n) is 7.39. The molecule has 0 spiro atoms. The predicted octanol–water partition coefficient (Wildman–Crippen LogP) is 0.741. The maximum atomic E-state index is 11.8. The van der Waals surface area contributed by atoms with E-state index < -0.39 is 0 Å². The average molecular weight is 289 g/mol. The van der Waals surface area contributed by atoms with Crippen molar-refractivity contribution in [2.45, 2.75) is 31.7 Å². The third-order valence-corrected chi connectivity index (χ3v) is 3.12. The topological polar surface area (TPSA) is 66.0 Å². The van der Waals surface area contributed by atoms with Crippen molar-refractivity contribution in [1.29, 1.82) is 0 Å². The quantitative estimate of drug-likeness (QED) is 0.473. The molecule has 1 aliphatic heterocycles. The van der Waals surface area contributed by atoms with Gasteiger partial charge in [-0.15, -0.1) is 0 Å². The Bertz CT molecular complexity index is 242. The van der Waals surface area contributed by atoms with Gasteiger partial charge in [0.2, 0.25) is 0 Å². The minimum absolute atomic E-state index is 0.144. The molecule has 6 nitrogen and oxygen atoms in total. The summed E-state index contributed by atoms with van der Waals surface area (Å²) in [7, 11) is 1.64. The molecule has 1 fully saturated rings. The molecular formula is C14H27NO5. The molecule has 0 bridgehead atoms. The smallest absolute Gasteiger partial charge is 0.323 e. The molecule has 1 N–H and O–H groups in total. The zero-order chi connectivity index (χ0) is 14.5. The Kier molecular flexibility index (Phi) is 10.5. The summed E-state index contributed by atoms with van der Waals surface area (Å²) in [6.45, 7) is 3.80. The highest BCUT2D eigenvalue weighted by molar-refractivity contribution is 5.75. The molecule has 1 atom stereocenters. The van der Waals surface area contributed by atoms with Gasteiger partial charge >= 0.3 is 5.97 Å². The van der Waals surface area contributed by atoms with Crippen LogP contribution in [0.15, 0.2) is 0 Å². The fourth-order valence-electron chi connectivity index (χ4n) is 2.00. The highest BCUT2D eigenvalue weighted by Crippen LogP contribution is 2.09. The normalized spacial score (nSPS) is 19.6. The molecule has 20 heavy (non-hydrogen) atoms. The van der Waals surface area contributed by atoms with Gasteiger partial charge in [-0.25, -0.2) is 0 Å². The van der Waals surface area contributed by atoms with Crippen LogP contribution >= 0.6 is 0 Å². The van der Waals surface area contributed by atoms with Gasteiger partial charge in [0.15, 0.2) is 0 Å². The summed E-state index contributed by atoms with van der Waals surface area (Å²) in [5.74, 6) is -0.160. The Morgan fingerprint density at radius 3 is 2.45 bits per heavy atom. The van der Waals surface area contributed by atoms with E-state index in [-0.39, 0.29) is 12.0 Å². The first kappa shape index (κ1) is 17.4. The van der Waals surface area contributed by atoms with Crippen molar-refractivity contribution in [3.8, 4) is 0 Å². The minimum Gasteiger partial charge on any atom is -0.462 e. The second kappa shape index (κ2) is 12.1. The van der Waals surface area contributed by atoms with Gasteiger partial charge in [0.25, 0.3) is 0 Å². The molecule has 1 saturated heterocycles. The molecule has 1 unspecified atom stereocenters. The first-order chi connectivity index (χ1) is 9.84. The van der Waals surface area contributed by atoms with Crippen LogP contribution in [0.4, 0.5) is 0 Å². The van der Waals surface area contributed by atoms with Gasteiger partial charge in [0.1, 0.15) is 12.6 Å². The number of hydrogen-bond donors (Lipinski definition) is 1. The molecule has 0 aliphatic carbocycles. The van der Waals surface area contributed by atoms with E-state index in [9.17, 15) is 4.79 Å². The van der Waals surface area contributed by atoms with Crippen molar-refractivity contribution in [2.75, 3.05) is 53.3 Å². The summed E-state index contributed by atoms with van der Waals surface area (Å²) in [5.41, 5.74) is 0. The van der Waals surface area contributed by atoms with Crippen LogP contribution in [0.25, 0.3) is 0 Å². The second-order valence-corrected chi connectivity index (χ2v) is 4.74. The second-order valence-electron chi connectivity index (χ2n) is 4.74. The molecule has 0 radical (unpaired) electrons. The lowest BCUT2D eigenvalue weighted by atomic mass is 10.1. The molecule has 1 aliphatic rings. The van der Waals surface area contributed by atoms with Crippen molar-refractivity contribution in [3.63, 3.8) is 0 Å². The van der Waals surface area contributed by atoms with Crippen molar-refractivity contribution in [3.05, 3.63) is 0 Å². The first-order valence-corrected chi connectivity index (χ1v) is 7.39. The molecule has 0 amide bonds. The van der Waals surface area contributed by atoms with Crippen LogP contribution < -0.4 is 5.32 Å². The molecule has 0 aromatic carbocycles. The van der Waals surface area contributed by atoms with Crippen LogP contribution in [0, 0.1) is 0 Å². The van der Waals surface area contributed by atoms with Crippen LogP contribution in [-0.2, 0) is 23.7 Å². The molecule has 1 heterocycles. The lowest BCUT2D eigenvalue weighted by molar-refractivity contribution is -0.148. The third-order valence-electron chi connectivity index (χ3n) is 3.12. The molecule has 0 aromatic heterocycles. The van der Waals surface area contributed by atoms with Crippen LogP contribution in [0.1, 0.15) is 25.7 Å². The molecular weight excluding hydrogens is 262 g/mol. The Morgan fingerprint density at radius 2 is 1.70 bits per heavy atom. The zero-order valence-electron chi connectivity index (χ0n) is 12.4. The van der Waals surface area contributed by atoms with E-state index in [1.54, 1.807) is 7.11 Å². The lowest BCUT2D eigenvalue weighted by Crippen LogP contribution is -2.37. The van der Waals surface area contributed by atoms with Crippen molar-refractivity contribution in [2.24, 2.45) is 0 Å². The van der Waals surface area contributed by atoms with E-state index in [2.05, 4.69) is 5.32 Å². The molecule has 118 valence electrons. The Labute approximate surface area is 121 Å². The number of methoxy groups -OCH3 is 1. The highest BCUT2D eigenvalue weighted by Gasteiger charge is 2.20. The van der Waals surface area contributed by atoms with Crippen LogP contribution in [0.2, 0.25) is 0 Å². The van der Waals surface area contributed by atoms with Gasteiger partial charge in [-0.3, -0.25) is 4.79 Å². The summed E-state index contributed by atoms with van der Waals surface area (Å²) >= 11 is 0. The summed E-state index contributed by atoms with van der Waals surface area (Å²) in [4.78, 5) is 11.8. The fraction of sp³-hybridized carbons (Fsp3) is 0.929. The number of esters is 1. The van der Waals surface area contributed by atoms with Gasteiger partial charge in [-0.1, -0.05) is 12.8 Å². The maximum Gasteiger partial charge on any atom is 0.323 e. The number of hydrogen-bond acceptors (Lipinski definition) is 6. The van der Waals surface area contributed by atoms with Gasteiger partial charge in [-0.05, 0) is 19.4 Å². The number of carbonyl (C=O) groups excluding carboxylic acids is 1. The summed E-state index contributed by atoms with van der Waals surface area (Å²) in [6, 6.07) is -0.144. The van der Waals surface area contributed by atoms with Crippen molar-refractivity contribution >= 4 is 5.97 Å². The van der Waals surface area contributed by atoms with Gasteiger partial charge in [-0.2, -0.15) is 0 Å².